The van der Waals surface area contributed by atoms with Gasteiger partial charge in [0.2, 0.25) is 0 Å². The number of halogens is 3. The van der Waals surface area contributed by atoms with E-state index in [0.29, 0.717) is 0 Å². The van der Waals surface area contributed by atoms with E-state index < -0.39 is 8.26 Å². The second-order valence-electron chi connectivity index (χ2n) is 0.533. The van der Waals surface area contributed by atoms with Gasteiger partial charge in [-0.2, -0.15) is 8.42 Å². The maximum atomic E-state index is 9.16. The van der Waals surface area contributed by atoms with E-state index in [0.717, 1.165) is 0 Å². The molecular formula is C2H3Cl3O2S. The highest BCUT2D eigenvalue weighted by Gasteiger charge is 1.88. The average Bonchev–Trinajstić information content (AvgIpc) is 1.27. The largest absolute Gasteiger partial charge is 0.317 e. The Morgan fingerprint density at radius 1 is 1.38 bits per heavy atom. The quantitative estimate of drug-likeness (QED) is 0.557. The van der Waals surface area contributed by atoms with Crippen molar-refractivity contribution in [3.05, 3.63) is 12.1 Å². The Morgan fingerprint density at radius 3 is 1.38 bits per heavy atom. The van der Waals surface area contributed by atoms with Crippen molar-refractivity contribution in [1.82, 2.24) is 0 Å². The summed E-state index contributed by atoms with van der Waals surface area (Å²) in [5, 5.41) is 0. The molecule has 50 valence electrons. The summed E-state index contributed by atoms with van der Waals surface area (Å²) in [6.07, 6.45) is 0. The van der Waals surface area contributed by atoms with Crippen LogP contribution in [0.25, 0.3) is 0 Å². The fourth-order valence-electron chi connectivity index (χ4n) is 0. The third-order valence-corrected chi connectivity index (χ3v) is 0. The Morgan fingerprint density at radius 2 is 1.38 bits per heavy atom. The minimum absolute atomic E-state index is 1.22. The summed E-state index contributed by atoms with van der Waals surface area (Å²) in [4.78, 5) is 0. The van der Waals surface area contributed by atoms with Crippen LogP contribution in [0, 0.1) is 0 Å². The van der Waals surface area contributed by atoms with E-state index in [-0.39, 0.29) is 0 Å². The van der Waals surface area contributed by atoms with E-state index in [1.807, 2.05) is 0 Å². The molecular weight excluding hydrogens is 194 g/mol. The fourth-order valence-corrected chi connectivity index (χ4v) is 0. The van der Waals surface area contributed by atoms with Crippen LogP contribution in [0.3, 0.4) is 0 Å². The molecule has 8 heavy (non-hydrogen) atoms. The van der Waals surface area contributed by atoms with Gasteiger partial charge in [-0.15, -0.1) is 0 Å². The van der Waals surface area contributed by atoms with Gasteiger partial charge in [0, 0.05) is 21.4 Å². The van der Waals surface area contributed by atoms with Crippen molar-refractivity contribution < 1.29 is 8.42 Å². The van der Waals surface area contributed by atoms with Crippen LogP contribution in [0.4, 0.5) is 0 Å². The molecule has 0 radical (unpaired) electrons. The topological polar surface area (TPSA) is 34.1 Å². The monoisotopic (exact) mass is 196 g/mol. The van der Waals surface area contributed by atoms with Crippen LogP contribution in [0.1, 0.15) is 0 Å². The van der Waals surface area contributed by atoms with E-state index in [2.05, 4.69) is 27.9 Å². The zero-order valence-corrected chi connectivity index (χ0v) is 6.73. The third-order valence-electron chi connectivity index (χ3n) is 0. The van der Waals surface area contributed by atoms with Crippen LogP contribution in [0.15, 0.2) is 12.1 Å². The maximum Gasteiger partial charge on any atom is 0.317 e. The molecule has 0 bridgehead atoms. The van der Waals surface area contributed by atoms with Crippen LogP contribution >= 0.6 is 33.0 Å². The molecule has 2 nitrogen and oxygen atoms in total. The van der Waals surface area contributed by atoms with Crippen molar-refractivity contribution in [3.8, 4) is 0 Å². The minimum atomic E-state index is -3.72. The molecule has 0 spiro atoms. The van der Waals surface area contributed by atoms with Crippen molar-refractivity contribution in [2.24, 2.45) is 0 Å². The SMILES string of the molecule is C=CCl.O=S(=O)(Cl)Cl. The molecule has 0 heterocycles. The van der Waals surface area contributed by atoms with Crippen LogP contribution in [-0.2, 0) is 8.26 Å². The van der Waals surface area contributed by atoms with Gasteiger partial charge in [-0.05, 0) is 5.54 Å². The van der Waals surface area contributed by atoms with Gasteiger partial charge in [-0.1, -0.05) is 18.2 Å². The summed E-state index contributed by atoms with van der Waals surface area (Å²) < 4.78 is 18.3. The highest BCUT2D eigenvalue weighted by atomic mass is 36.0. The molecule has 0 unspecified atom stereocenters. The predicted octanol–water partition coefficient (Wildman–Crippen LogP) is 2.08. The van der Waals surface area contributed by atoms with Crippen molar-refractivity contribution in [2.45, 2.75) is 0 Å². The first-order valence-corrected chi connectivity index (χ1v) is 4.84. The summed E-state index contributed by atoms with van der Waals surface area (Å²) in [5.74, 6) is 0. The molecule has 0 aromatic rings. The first-order chi connectivity index (χ1) is 3.41. The first kappa shape index (κ1) is 11.4. The van der Waals surface area contributed by atoms with Gasteiger partial charge in [0.15, 0.2) is 0 Å². The molecule has 0 aromatic carbocycles. The number of rotatable bonds is 0. The molecule has 6 heteroatoms. The lowest BCUT2D eigenvalue weighted by molar-refractivity contribution is 0.621. The smallest absolute Gasteiger partial charge is 0.195 e. The summed E-state index contributed by atoms with van der Waals surface area (Å²) in [6, 6.07) is 0. The molecule has 0 aliphatic rings. The predicted molar refractivity (Wildman–Crippen MR) is 36.7 cm³/mol. The molecule has 0 aliphatic carbocycles. The fraction of sp³-hybridized carbons (Fsp3) is 0. The summed E-state index contributed by atoms with van der Waals surface area (Å²) in [5.41, 5.74) is 1.22. The molecule has 0 saturated carbocycles. The van der Waals surface area contributed by atoms with Gasteiger partial charge in [-0.3, -0.25) is 0 Å². The summed E-state index contributed by atoms with van der Waals surface area (Å²) >= 11 is 4.76. The van der Waals surface area contributed by atoms with Crippen LogP contribution < -0.4 is 0 Å². The zero-order valence-electron chi connectivity index (χ0n) is 3.64. The summed E-state index contributed by atoms with van der Waals surface area (Å²) in [6.45, 7) is 3.13. The molecule has 0 N–H and O–H groups in total. The Labute approximate surface area is 62.0 Å². The van der Waals surface area contributed by atoms with Gasteiger partial charge in [-0.25, -0.2) is 0 Å². The highest BCUT2D eigenvalue weighted by Crippen LogP contribution is 1.98. The lowest BCUT2D eigenvalue weighted by Crippen LogP contribution is -1.63. The first-order valence-electron chi connectivity index (χ1n) is 1.27. The lowest BCUT2D eigenvalue weighted by Gasteiger charge is -1.61. The lowest BCUT2D eigenvalue weighted by atomic mass is 11.3. The molecule has 0 amide bonds. The van der Waals surface area contributed by atoms with Crippen molar-refractivity contribution in [2.75, 3.05) is 0 Å². The Kier molecular flexibility index (Phi) is 8.09. The molecule has 0 atom stereocenters. The van der Waals surface area contributed by atoms with Crippen LogP contribution in [0.5, 0.6) is 0 Å². The van der Waals surface area contributed by atoms with Crippen LogP contribution in [0.2, 0.25) is 0 Å². The Balaban J connectivity index is 0. The van der Waals surface area contributed by atoms with Crippen molar-refractivity contribution >= 4 is 41.2 Å². The van der Waals surface area contributed by atoms with Crippen molar-refractivity contribution in [3.63, 3.8) is 0 Å². The van der Waals surface area contributed by atoms with Crippen molar-refractivity contribution in [1.29, 1.82) is 0 Å². The summed E-state index contributed by atoms with van der Waals surface area (Å²) in [7, 11) is 4.81. The van der Waals surface area contributed by atoms with E-state index in [4.69, 9.17) is 20.0 Å². The maximum absolute atomic E-state index is 9.16. The van der Waals surface area contributed by atoms with Gasteiger partial charge < -0.3 is 0 Å². The molecule has 0 aromatic heterocycles. The Hall–Kier alpha value is 0.560. The molecule has 0 aliphatic heterocycles. The standard InChI is InChI=1S/C2H3Cl.Cl2O2S/c1-2-3;1-5(2,3)4/h2H,1H2;. The van der Waals surface area contributed by atoms with Gasteiger partial charge in [0.1, 0.15) is 0 Å². The molecule has 0 saturated heterocycles. The second kappa shape index (κ2) is 5.69. The minimum Gasteiger partial charge on any atom is -0.195 e. The third kappa shape index (κ3) is 647. The average molecular weight is 197 g/mol. The van der Waals surface area contributed by atoms with E-state index in [9.17, 15) is 0 Å². The highest BCUT2D eigenvalue weighted by molar-refractivity contribution is 8.31. The van der Waals surface area contributed by atoms with E-state index >= 15 is 0 Å². The molecule has 0 rings (SSSR count). The van der Waals surface area contributed by atoms with E-state index in [1.54, 1.807) is 0 Å². The second-order valence-corrected chi connectivity index (χ2v) is 4.51. The Bertz CT molecular complexity index is 129. The van der Waals surface area contributed by atoms with Gasteiger partial charge >= 0.3 is 8.26 Å². The van der Waals surface area contributed by atoms with Gasteiger partial charge in [0.05, 0.1) is 0 Å². The normalized spacial score (nSPS) is 8.88. The van der Waals surface area contributed by atoms with Crippen LogP contribution in [-0.4, -0.2) is 8.42 Å². The molecule has 0 fully saturated rings. The number of hydrogen-bond acceptors (Lipinski definition) is 2. The van der Waals surface area contributed by atoms with Gasteiger partial charge in [0.25, 0.3) is 0 Å². The zero-order chi connectivity index (χ0) is 7.21. The van der Waals surface area contributed by atoms with E-state index in [1.165, 1.54) is 5.54 Å². The number of hydrogen-bond donors (Lipinski definition) is 0.